The number of aliphatic hydroxyl groups is 1. The van der Waals surface area contributed by atoms with Gasteiger partial charge in [0, 0.05) is 38.0 Å². The molecular formula is C27H41N3O2. The number of hydrogen-bond donors (Lipinski definition) is 2. The number of aliphatic hydroxyl groups excluding tert-OH is 1. The molecule has 5 nitrogen and oxygen atoms in total. The molecule has 5 heteroatoms. The molecule has 0 bridgehead atoms. The molecule has 1 aliphatic rings. The van der Waals surface area contributed by atoms with E-state index in [9.17, 15) is 4.79 Å². The van der Waals surface area contributed by atoms with E-state index in [1.54, 1.807) is 0 Å². The Bertz CT molecular complexity index is 812. The molecule has 3 rings (SSSR count). The fourth-order valence-electron chi connectivity index (χ4n) is 4.35. The van der Waals surface area contributed by atoms with Gasteiger partial charge in [-0.1, -0.05) is 51.8 Å². The molecule has 1 aromatic heterocycles. The summed E-state index contributed by atoms with van der Waals surface area (Å²) in [5.41, 5.74) is 3.77. The second kappa shape index (κ2) is 13.9. The third-order valence-electron chi connectivity index (χ3n) is 6.22. The molecule has 1 aromatic carbocycles. The van der Waals surface area contributed by atoms with Crippen LogP contribution >= 0.6 is 0 Å². The monoisotopic (exact) mass is 439 g/mol. The molecular weight excluding hydrogens is 398 g/mol. The predicted octanol–water partition coefficient (Wildman–Crippen LogP) is 4.94. The third-order valence-corrected chi connectivity index (χ3v) is 6.22. The van der Waals surface area contributed by atoms with Crippen LogP contribution in [0.5, 0.6) is 0 Å². The van der Waals surface area contributed by atoms with E-state index < -0.39 is 0 Å². The third kappa shape index (κ3) is 7.33. The van der Waals surface area contributed by atoms with Crippen LogP contribution in [0.3, 0.4) is 0 Å². The van der Waals surface area contributed by atoms with Crippen molar-refractivity contribution in [2.75, 3.05) is 31.1 Å². The molecule has 2 aromatic rings. The van der Waals surface area contributed by atoms with Crippen molar-refractivity contribution in [2.24, 2.45) is 5.92 Å². The van der Waals surface area contributed by atoms with Crippen molar-refractivity contribution in [3.05, 3.63) is 58.8 Å². The largest absolute Gasteiger partial charge is 0.396 e. The Balaban J connectivity index is 0.00000176. The maximum atomic E-state index is 12.5. The zero-order valence-corrected chi connectivity index (χ0v) is 20.4. The first-order chi connectivity index (χ1) is 15.6. The number of nitrogens with one attached hydrogen (secondary N) is 1. The van der Waals surface area contributed by atoms with Gasteiger partial charge in [0.25, 0.3) is 5.91 Å². The summed E-state index contributed by atoms with van der Waals surface area (Å²) < 4.78 is 0. The molecule has 32 heavy (non-hydrogen) atoms. The van der Waals surface area contributed by atoms with Crippen molar-refractivity contribution in [3.8, 4) is 0 Å². The van der Waals surface area contributed by atoms with Crippen LogP contribution in [0.1, 0.15) is 73.5 Å². The Morgan fingerprint density at radius 2 is 1.91 bits per heavy atom. The van der Waals surface area contributed by atoms with Crippen molar-refractivity contribution < 1.29 is 9.90 Å². The lowest BCUT2D eigenvalue weighted by molar-refractivity contribution is 0.0953. The summed E-state index contributed by atoms with van der Waals surface area (Å²) in [6, 6.07) is 9.91. The normalized spacial score (nSPS) is 14.0. The van der Waals surface area contributed by atoms with Crippen molar-refractivity contribution in [1.82, 2.24) is 10.3 Å². The van der Waals surface area contributed by atoms with Gasteiger partial charge in [-0.05, 0) is 67.3 Å². The summed E-state index contributed by atoms with van der Waals surface area (Å²) in [6.07, 6.45) is 8.42. The number of anilines is 1. The van der Waals surface area contributed by atoms with Crippen LogP contribution < -0.4 is 10.2 Å². The molecule has 0 saturated carbocycles. The van der Waals surface area contributed by atoms with E-state index in [-0.39, 0.29) is 12.5 Å². The molecule has 2 heterocycles. The van der Waals surface area contributed by atoms with E-state index in [0.29, 0.717) is 18.5 Å². The average molecular weight is 440 g/mol. The van der Waals surface area contributed by atoms with Gasteiger partial charge in [-0.15, -0.1) is 0 Å². The Morgan fingerprint density at radius 1 is 1.16 bits per heavy atom. The molecule has 1 amide bonds. The average Bonchev–Trinajstić information content (AvgIpc) is 2.83. The topological polar surface area (TPSA) is 65.5 Å². The van der Waals surface area contributed by atoms with Gasteiger partial charge >= 0.3 is 0 Å². The zero-order chi connectivity index (χ0) is 23.3. The number of aromatic nitrogens is 1. The molecule has 2 N–H and O–H groups in total. The number of amides is 1. The molecule has 0 unspecified atom stereocenters. The van der Waals surface area contributed by atoms with E-state index in [1.807, 2.05) is 45.2 Å². The summed E-state index contributed by atoms with van der Waals surface area (Å²) in [6.45, 7) is 11.1. The molecule has 0 radical (unpaired) electrons. The zero-order valence-electron chi connectivity index (χ0n) is 20.4. The van der Waals surface area contributed by atoms with Gasteiger partial charge in [-0.3, -0.25) is 4.79 Å². The van der Waals surface area contributed by atoms with Crippen molar-refractivity contribution in [2.45, 2.75) is 66.2 Å². The van der Waals surface area contributed by atoms with E-state index in [2.05, 4.69) is 34.3 Å². The molecule has 176 valence electrons. The maximum absolute atomic E-state index is 12.5. The lowest BCUT2D eigenvalue weighted by Crippen LogP contribution is -2.34. The minimum atomic E-state index is -0.0631. The number of carbonyl (C=O) groups excluding carboxylic acids is 1. The van der Waals surface area contributed by atoms with Gasteiger partial charge in [0.15, 0.2) is 0 Å². The van der Waals surface area contributed by atoms with Gasteiger partial charge in [-0.25, -0.2) is 4.98 Å². The maximum Gasteiger partial charge on any atom is 0.251 e. The number of piperidine rings is 1. The van der Waals surface area contributed by atoms with Crippen LogP contribution in [-0.2, 0) is 12.8 Å². The Morgan fingerprint density at radius 3 is 2.53 bits per heavy atom. The number of benzene rings is 1. The number of pyridine rings is 1. The summed E-state index contributed by atoms with van der Waals surface area (Å²) >= 11 is 0. The Labute approximate surface area is 194 Å². The molecule has 1 saturated heterocycles. The summed E-state index contributed by atoms with van der Waals surface area (Å²) in [4.78, 5) is 19.6. The van der Waals surface area contributed by atoms with Crippen LogP contribution in [0.2, 0.25) is 0 Å². The van der Waals surface area contributed by atoms with Crippen molar-refractivity contribution in [3.63, 3.8) is 0 Å². The molecule has 1 aliphatic heterocycles. The first-order valence-electron chi connectivity index (χ1n) is 12.3. The molecule has 0 spiro atoms. The number of carbonyl (C=O) groups is 1. The van der Waals surface area contributed by atoms with Crippen molar-refractivity contribution >= 4 is 11.7 Å². The highest BCUT2D eigenvalue weighted by atomic mass is 16.3. The van der Waals surface area contributed by atoms with E-state index in [1.165, 1.54) is 25.7 Å². The van der Waals surface area contributed by atoms with Gasteiger partial charge in [-0.2, -0.15) is 0 Å². The van der Waals surface area contributed by atoms with E-state index in [4.69, 9.17) is 5.11 Å². The molecule has 1 fully saturated rings. The summed E-state index contributed by atoms with van der Waals surface area (Å²) in [5, 5.41) is 12.2. The summed E-state index contributed by atoms with van der Waals surface area (Å²) in [5.74, 6) is 1.88. The molecule has 0 aliphatic carbocycles. The SMILES string of the molecule is CC.CCCC1CCN(c2ccc(CCNC(=O)c3cccc(CCO)c3C)cn2)CC1. The Kier molecular flexibility index (Phi) is 11.2. The fourth-order valence-corrected chi connectivity index (χ4v) is 4.35. The van der Waals surface area contributed by atoms with E-state index >= 15 is 0 Å². The lowest BCUT2D eigenvalue weighted by Gasteiger charge is -2.32. The van der Waals surface area contributed by atoms with Gasteiger partial charge in [0.1, 0.15) is 5.82 Å². The van der Waals surface area contributed by atoms with Crippen molar-refractivity contribution in [1.29, 1.82) is 0 Å². The van der Waals surface area contributed by atoms with Crippen LogP contribution in [0, 0.1) is 12.8 Å². The van der Waals surface area contributed by atoms with Gasteiger partial charge in [0.05, 0.1) is 0 Å². The van der Waals surface area contributed by atoms with Gasteiger partial charge < -0.3 is 15.3 Å². The fraction of sp³-hybridized carbons (Fsp3) is 0.556. The second-order valence-corrected chi connectivity index (χ2v) is 8.31. The highest BCUT2D eigenvalue weighted by Gasteiger charge is 2.19. The highest BCUT2D eigenvalue weighted by molar-refractivity contribution is 5.95. The minimum absolute atomic E-state index is 0.0631. The first kappa shape index (κ1) is 25.9. The number of nitrogens with zero attached hydrogens (tertiary/aromatic N) is 2. The van der Waals surface area contributed by atoms with E-state index in [0.717, 1.165) is 47.9 Å². The van der Waals surface area contributed by atoms with Crippen LogP contribution in [0.15, 0.2) is 36.5 Å². The quantitative estimate of drug-likeness (QED) is 0.581. The van der Waals surface area contributed by atoms with Gasteiger partial charge in [0.2, 0.25) is 0 Å². The summed E-state index contributed by atoms with van der Waals surface area (Å²) in [7, 11) is 0. The van der Waals surface area contributed by atoms with Crippen LogP contribution in [0.25, 0.3) is 0 Å². The first-order valence-corrected chi connectivity index (χ1v) is 12.3. The smallest absolute Gasteiger partial charge is 0.251 e. The number of hydrogen-bond acceptors (Lipinski definition) is 4. The number of rotatable bonds is 9. The van der Waals surface area contributed by atoms with Crippen LogP contribution in [-0.4, -0.2) is 42.2 Å². The molecule has 0 atom stereocenters. The minimum Gasteiger partial charge on any atom is -0.396 e. The second-order valence-electron chi connectivity index (χ2n) is 8.31. The predicted molar refractivity (Wildman–Crippen MR) is 133 cm³/mol. The lowest BCUT2D eigenvalue weighted by atomic mass is 9.92. The van der Waals surface area contributed by atoms with Crippen LogP contribution in [0.4, 0.5) is 5.82 Å². The Hall–Kier alpha value is -2.40. The standard InChI is InChI=1S/C25H35N3O2.C2H6/c1-3-5-20-11-15-28(16-12-20)24-9-8-21(18-27-24)10-14-26-25(30)23-7-4-6-22(13-17-29)19(23)2;1-2/h4,6-9,18,20,29H,3,5,10-17H2,1-2H3,(H,26,30);1-2H3. The highest BCUT2D eigenvalue weighted by Crippen LogP contribution is 2.25.